The van der Waals surface area contributed by atoms with Crippen LogP contribution in [0.25, 0.3) is 11.2 Å². The van der Waals surface area contributed by atoms with Gasteiger partial charge < -0.3 is 4.98 Å². The third kappa shape index (κ3) is 2.04. The van der Waals surface area contributed by atoms with Gasteiger partial charge in [-0.25, -0.2) is 15.0 Å². The van der Waals surface area contributed by atoms with Crippen molar-refractivity contribution in [2.45, 2.75) is 36.0 Å². The number of Topliss-reactive ketones (excluding diaryl/α,β-unsaturated/α-hetero) is 1. The van der Waals surface area contributed by atoms with E-state index in [-0.39, 0.29) is 5.25 Å². The first-order valence-corrected chi connectivity index (χ1v) is 6.56. The summed E-state index contributed by atoms with van der Waals surface area (Å²) in [6.07, 6.45) is 6.91. The van der Waals surface area contributed by atoms with E-state index in [1.807, 2.05) is 0 Å². The van der Waals surface area contributed by atoms with E-state index in [1.165, 1.54) is 18.1 Å². The second kappa shape index (κ2) is 4.44. The van der Waals surface area contributed by atoms with Gasteiger partial charge >= 0.3 is 0 Å². The summed E-state index contributed by atoms with van der Waals surface area (Å²) in [5.41, 5.74) is 1.49. The Bertz CT molecular complexity index is 553. The summed E-state index contributed by atoms with van der Waals surface area (Å²) >= 11 is 1.53. The maximum absolute atomic E-state index is 11.8. The Hall–Kier alpha value is -1.43. The predicted molar refractivity (Wildman–Crippen MR) is 64.8 cm³/mol. The van der Waals surface area contributed by atoms with Crippen LogP contribution in [-0.4, -0.2) is 31.0 Å². The van der Waals surface area contributed by atoms with Crippen molar-refractivity contribution in [3.63, 3.8) is 0 Å². The molecule has 0 radical (unpaired) electrons. The molecule has 0 bridgehead atoms. The van der Waals surface area contributed by atoms with Crippen LogP contribution >= 0.6 is 11.8 Å². The Morgan fingerprint density at radius 1 is 1.29 bits per heavy atom. The summed E-state index contributed by atoms with van der Waals surface area (Å²) in [6, 6.07) is 0. The molecule has 0 aliphatic heterocycles. The highest BCUT2D eigenvalue weighted by Gasteiger charge is 2.24. The van der Waals surface area contributed by atoms with Crippen LogP contribution in [0, 0.1) is 0 Å². The van der Waals surface area contributed by atoms with Gasteiger partial charge in [0.1, 0.15) is 22.7 Å². The number of imidazole rings is 1. The molecule has 2 heterocycles. The third-order valence-electron chi connectivity index (χ3n) is 2.94. The lowest BCUT2D eigenvalue weighted by Crippen LogP contribution is -2.21. The molecule has 1 unspecified atom stereocenters. The molecule has 2 aromatic heterocycles. The molecule has 1 aliphatic rings. The molecular formula is C11H12N4OS. The maximum atomic E-state index is 11.8. The minimum Gasteiger partial charge on any atom is -0.341 e. The molecule has 1 atom stereocenters. The zero-order valence-corrected chi connectivity index (χ0v) is 10.0. The predicted octanol–water partition coefficient (Wildman–Crippen LogP) is 1.96. The van der Waals surface area contributed by atoms with E-state index in [2.05, 4.69) is 19.9 Å². The van der Waals surface area contributed by atoms with Gasteiger partial charge in [-0.05, 0) is 12.8 Å². The molecule has 6 heteroatoms. The molecule has 5 nitrogen and oxygen atoms in total. The fraction of sp³-hybridized carbons (Fsp3) is 0.455. The van der Waals surface area contributed by atoms with Crippen LogP contribution < -0.4 is 0 Å². The number of nitrogens with zero attached hydrogens (tertiary/aromatic N) is 3. The molecule has 1 fully saturated rings. The lowest BCUT2D eigenvalue weighted by atomic mass is 9.99. The van der Waals surface area contributed by atoms with Crippen molar-refractivity contribution in [3.8, 4) is 0 Å². The van der Waals surface area contributed by atoms with Crippen molar-refractivity contribution in [1.82, 2.24) is 19.9 Å². The van der Waals surface area contributed by atoms with Crippen LogP contribution in [0.5, 0.6) is 0 Å². The number of hydrogen-bond acceptors (Lipinski definition) is 5. The number of fused-ring (bicyclic) bond motifs is 1. The van der Waals surface area contributed by atoms with Gasteiger partial charge in [0.25, 0.3) is 0 Å². The summed E-state index contributed by atoms with van der Waals surface area (Å²) in [5, 5.41) is 0.873. The maximum Gasteiger partial charge on any atom is 0.181 e. The van der Waals surface area contributed by atoms with Gasteiger partial charge in [-0.1, -0.05) is 18.2 Å². The lowest BCUT2D eigenvalue weighted by Gasteiger charge is -2.19. The molecule has 3 rings (SSSR count). The summed E-state index contributed by atoms with van der Waals surface area (Å²) in [7, 11) is 0. The smallest absolute Gasteiger partial charge is 0.181 e. The first kappa shape index (κ1) is 10.7. The van der Waals surface area contributed by atoms with Crippen molar-refractivity contribution in [2.75, 3.05) is 0 Å². The first-order chi connectivity index (χ1) is 8.34. The number of aromatic amines is 1. The number of thioether (sulfide) groups is 1. The van der Waals surface area contributed by atoms with Gasteiger partial charge in [-0.2, -0.15) is 0 Å². The Balaban J connectivity index is 1.89. The number of ketones is 1. The van der Waals surface area contributed by atoms with Gasteiger partial charge in [0.2, 0.25) is 0 Å². The minimum absolute atomic E-state index is 0.0464. The number of H-pyrrole nitrogens is 1. The van der Waals surface area contributed by atoms with Crippen LogP contribution in [-0.2, 0) is 4.79 Å². The Labute approximate surface area is 102 Å². The van der Waals surface area contributed by atoms with Gasteiger partial charge in [0, 0.05) is 6.42 Å². The molecule has 88 valence electrons. The SMILES string of the molecule is O=C1CCCCC1Sc1ncnc2nc[nH]c12. The number of aromatic nitrogens is 4. The standard InChI is InChI=1S/C11H12N4OS/c16-7-3-1-2-4-8(7)17-11-9-10(13-5-12-9)14-6-15-11/h5-6,8H,1-4H2,(H,12,13,14,15). The van der Waals surface area contributed by atoms with Crippen LogP contribution in [0.1, 0.15) is 25.7 Å². The van der Waals surface area contributed by atoms with Crippen LogP contribution in [0.4, 0.5) is 0 Å². The Morgan fingerprint density at radius 2 is 2.24 bits per heavy atom. The molecule has 0 aromatic carbocycles. The first-order valence-electron chi connectivity index (χ1n) is 5.68. The molecule has 0 saturated heterocycles. The van der Waals surface area contributed by atoms with Crippen LogP contribution in [0.2, 0.25) is 0 Å². The van der Waals surface area contributed by atoms with Gasteiger partial charge in [0.15, 0.2) is 5.65 Å². The number of carbonyl (C=O) groups excluding carboxylic acids is 1. The fourth-order valence-electron chi connectivity index (χ4n) is 2.04. The Morgan fingerprint density at radius 3 is 3.12 bits per heavy atom. The zero-order chi connectivity index (χ0) is 11.7. The normalized spacial score (nSPS) is 20.9. The fourth-order valence-corrected chi connectivity index (χ4v) is 3.22. The van der Waals surface area contributed by atoms with Gasteiger partial charge in [-0.3, -0.25) is 4.79 Å². The van der Waals surface area contributed by atoms with Crippen molar-refractivity contribution in [3.05, 3.63) is 12.7 Å². The molecular weight excluding hydrogens is 236 g/mol. The van der Waals surface area contributed by atoms with Crippen LogP contribution in [0.15, 0.2) is 17.7 Å². The summed E-state index contributed by atoms with van der Waals surface area (Å²) in [6.45, 7) is 0. The molecule has 17 heavy (non-hydrogen) atoms. The number of carbonyl (C=O) groups is 1. The van der Waals surface area contributed by atoms with Crippen LogP contribution in [0.3, 0.4) is 0 Å². The number of nitrogens with one attached hydrogen (secondary N) is 1. The lowest BCUT2D eigenvalue weighted by molar-refractivity contribution is -0.119. The zero-order valence-electron chi connectivity index (χ0n) is 9.22. The second-order valence-electron chi connectivity index (χ2n) is 4.10. The van der Waals surface area contributed by atoms with Gasteiger partial charge in [-0.15, -0.1) is 0 Å². The molecule has 0 amide bonds. The van der Waals surface area contributed by atoms with E-state index in [0.717, 1.165) is 29.8 Å². The second-order valence-corrected chi connectivity index (χ2v) is 5.29. The Kier molecular flexibility index (Phi) is 2.80. The highest BCUT2D eigenvalue weighted by molar-refractivity contribution is 8.00. The molecule has 1 aliphatic carbocycles. The van der Waals surface area contributed by atoms with E-state index in [1.54, 1.807) is 6.33 Å². The number of rotatable bonds is 2. The van der Waals surface area contributed by atoms with E-state index < -0.39 is 0 Å². The van der Waals surface area contributed by atoms with Crippen molar-refractivity contribution < 1.29 is 4.79 Å². The average molecular weight is 248 g/mol. The summed E-state index contributed by atoms with van der Waals surface area (Å²) < 4.78 is 0. The summed E-state index contributed by atoms with van der Waals surface area (Å²) in [5.74, 6) is 0.340. The average Bonchev–Trinajstić information content (AvgIpc) is 2.81. The molecule has 1 N–H and O–H groups in total. The monoisotopic (exact) mass is 248 g/mol. The third-order valence-corrected chi connectivity index (χ3v) is 4.26. The number of hydrogen-bond donors (Lipinski definition) is 1. The van der Waals surface area contributed by atoms with Crippen molar-refractivity contribution >= 4 is 28.7 Å². The van der Waals surface area contributed by atoms with E-state index in [4.69, 9.17) is 0 Å². The largest absolute Gasteiger partial charge is 0.341 e. The molecule has 2 aromatic rings. The highest BCUT2D eigenvalue weighted by atomic mass is 32.2. The minimum atomic E-state index is 0.0464. The van der Waals surface area contributed by atoms with E-state index >= 15 is 0 Å². The van der Waals surface area contributed by atoms with E-state index in [9.17, 15) is 4.79 Å². The van der Waals surface area contributed by atoms with Crippen molar-refractivity contribution in [2.24, 2.45) is 0 Å². The topological polar surface area (TPSA) is 71.5 Å². The van der Waals surface area contributed by atoms with E-state index in [0.29, 0.717) is 17.9 Å². The molecule has 0 spiro atoms. The van der Waals surface area contributed by atoms with Gasteiger partial charge in [0.05, 0.1) is 11.6 Å². The highest BCUT2D eigenvalue weighted by Crippen LogP contribution is 2.32. The quantitative estimate of drug-likeness (QED) is 0.822. The molecule has 1 saturated carbocycles. The summed E-state index contributed by atoms with van der Waals surface area (Å²) in [4.78, 5) is 27.2. The van der Waals surface area contributed by atoms with Crippen molar-refractivity contribution in [1.29, 1.82) is 0 Å².